The van der Waals surface area contributed by atoms with Crippen molar-refractivity contribution in [1.29, 1.82) is 0 Å². The summed E-state index contributed by atoms with van der Waals surface area (Å²) in [5.74, 6) is 2.49. The molecule has 1 atom stereocenters. The molecule has 3 nitrogen and oxygen atoms in total. The van der Waals surface area contributed by atoms with Crippen molar-refractivity contribution in [2.24, 2.45) is 0 Å². The highest BCUT2D eigenvalue weighted by atomic mass is 32.2. The SMILES string of the molecule is Cc1ccc(CSCCNC(=O)C(C)Oc2cccc3ccccc23)cc1. The molecule has 0 aliphatic rings. The highest BCUT2D eigenvalue weighted by Gasteiger charge is 2.15. The molecule has 1 unspecified atom stereocenters. The van der Waals surface area contributed by atoms with Crippen LogP contribution in [0.5, 0.6) is 5.75 Å². The number of ether oxygens (including phenoxy) is 1. The van der Waals surface area contributed by atoms with Crippen molar-refractivity contribution in [2.45, 2.75) is 25.7 Å². The summed E-state index contributed by atoms with van der Waals surface area (Å²) in [6, 6.07) is 22.5. The van der Waals surface area contributed by atoms with E-state index in [9.17, 15) is 4.79 Å². The van der Waals surface area contributed by atoms with Crippen molar-refractivity contribution in [3.63, 3.8) is 0 Å². The smallest absolute Gasteiger partial charge is 0.260 e. The van der Waals surface area contributed by atoms with Crippen molar-refractivity contribution in [3.8, 4) is 5.75 Å². The van der Waals surface area contributed by atoms with Gasteiger partial charge in [0.1, 0.15) is 5.75 Å². The van der Waals surface area contributed by atoms with Crippen molar-refractivity contribution in [1.82, 2.24) is 5.32 Å². The lowest BCUT2D eigenvalue weighted by molar-refractivity contribution is -0.127. The van der Waals surface area contributed by atoms with Crippen molar-refractivity contribution in [3.05, 3.63) is 77.9 Å². The van der Waals surface area contributed by atoms with Gasteiger partial charge in [-0.15, -0.1) is 0 Å². The van der Waals surface area contributed by atoms with Crippen molar-refractivity contribution >= 4 is 28.4 Å². The number of carbonyl (C=O) groups excluding carboxylic acids is 1. The van der Waals surface area contributed by atoms with Gasteiger partial charge < -0.3 is 10.1 Å². The minimum Gasteiger partial charge on any atom is -0.480 e. The number of thioether (sulfide) groups is 1. The fourth-order valence-corrected chi connectivity index (χ4v) is 3.63. The topological polar surface area (TPSA) is 38.3 Å². The molecule has 3 aromatic carbocycles. The third kappa shape index (κ3) is 5.51. The third-order valence-corrected chi connectivity index (χ3v) is 5.39. The van der Waals surface area contributed by atoms with Crippen LogP contribution in [0, 0.1) is 6.92 Å². The maximum Gasteiger partial charge on any atom is 0.260 e. The Kier molecular flexibility index (Phi) is 6.77. The van der Waals surface area contributed by atoms with E-state index in [2.05, 4.69) is 36.5 Å². The number of amides is 1. The summed E-state index contributed by atoms with van der Waals surface area (Å²) in [5.41, 5.74) is 2.58. The number of rotatable bonds is 8. The first-order chi connectivity index (χ1) is 13.1. The van der Waals surface area contributed by atoms with Crippen molar-refractivity contribution < 1.29 is 9.53 Å². The number of nitrogens with one attached hydrogen (secondary N) is 1. The molecule has 0 bridgehead atoms. The average Bonchev–Trinajstić information content (AvgIpc) is 2.69. The molecule has 1 N–H and O–H groups in total. The predicted octanol–water partition coefficient (Wildman–Crippen LogP) is 4.97. The first kappa shape index (κ1) is 19.3. The molecule has 0 fully saturated rings. The molecule has 0 saturated heterocycles. The molecule has 1 amide bonds. The van der Waals surface area contributed by atoms with E-state index in [0.29, 0.717) is 6.54 Å². The second kappa shape index (κ2) is 9.47. The normalized spacial score (nSPS) is 11.9. The van der Waals surface area contributed by atoms with Gasteiger partial charge in [0.25, 0.3) is 5.91 Å². The number of carbonyl (C=O) groups is 1. The van der Waals surface area contributed by atoms with Crippen LogP contribution in [0.4, 0.5) is 0 Å². The van der Waals surface area contributed by atoms with Crippen molar-refractivity contribution in [2.75, 3.05) is 12.3 Å². The molecular weight excluding hydrogens is 354 g/mol. The summed E-state index contributed by atoms with van der Waals surface area (Å²) in [5, 5.41) is 5.09. The van der Waals surface area contributed by atoms with E-state index in [-0.39, 0.29) is 5.91 Å². The summed E-state index contributed by atoms with van der Waals surface area (Å²) < 4.78 is 5.91. The number of hydrogen-bond donors (Lipinski definition) is 1. The second-order valence-corrected chi connectivity index (χ2v) is 7.67. The van der Waals surface area contributed by atoms with Gasteiger partial charge in [-0.25, -0.2) is 0 Å². The third-order valence-electron chi connectivity index (χ3n) is 4.36. The van der Waals surface area contributed by atoms with Crippen LogP contribution < -0.4 is 10.1 Å². The van der Waals surface area contributed by atoms with Gasteiger partial charge in [-0.3, -0.25) is 4.79 Å². The Labute approximate surface area is 165 Å². The van der Waals surface area contributed by atoms with Gasteiger partial charge in [-0.1, -0.05) is 66.2 Å². The van der Waals surface area contributed by atoms with E-state index < -0.39 is 6.10 Å². The van der Waals surface area contributed by atoms with Gasteiger partial charge in [0.05, 0.1) is 0 Å². The zero-order valence-electron chi connectivity index (χ0n) is 15.8. The minimum absolute atomic E-state index is 0.0844. The van der Waals surface area contributed by atoms with E-state index in [0.717, 1.165) is 28.0 Å². The van der Waals surface area contributed by atoms with Crippen LogP contribution in [0.3, 0.4) is 0 Å². The van der Waals surface area contributed by atoms with Crippen LogP contribution in [0.2, 0.25) is 0 Å². The van der Waals surface area contributed by atoms with Gasteiger partial charge in [0.2, 0.25) is 0 Å². The highest BCUT2D eigenvalue weighted by molar-refractivity contribution is 7.98. The molecule has 4 heteroatoms. The maximum atomic E-state index is 12.3. The largest absolute Gasteiger partial charge is 0.480 e. The van der Waals surface area contributed by atoms with Gasteiger partial charge in [-0.05, 0) is 30.9 Å². The average molecular weight is 380 g/mol. The summed E-state index contributed by atoms with van der Waals surface area (Å²) in [6.45, 7) is 4.52. The molecule has 3 aromatic rings. The van der Waals surface area contributed by atoms with Crippen LogP contribution >= 0.6 is 11.8 Å². The molecule has 140 valence electrons. The van der Waals surface area contributed by atoms with Crippen LogP contribution in [0.25, 0.3) is 10.8 Å². The quantitative estimate of drug-likeness (QED) is 0.562. The standard InChI is InChI=1S/C23H25NO2S/c1-17-10-12-19(13-11-17)16-27-15-14-24-23(25)18(2)26-22-9-5-7-20-6-3-4-8-21(20)22/h3-13,18H,14-16H2,1-2H3,(H,24,25). The van der Waals surface area contributed by atoms with Gasteiger partial charge in [-0.2, -0.15) is 11.8 Å². The Balaban J connectivity index is 1.43. The van der Waals surface area contributed by atoms with Crippen LogP contribution in [-0.4, -0.2) is 24.3 Å². The first-order valence-corrected chi connectivity index (χ1v) is 10.3. The minimum atomic E-state index is -0.530. The molecule has 0 saturated carbocycles. The van der Waals surface area contributed by atoms with Gasteiger partial charge >= 0.3 is 0 Å². The number of fused-ring (bicyclic) bond motifs is 1. The Morgan fingerprint density at radius 3 is 2.59 bits per heavy atom. The first-order valence-electron chi connectivity index (χ1n) is 9.19. The summed E-state index contributed by atoms with van der Waals surface area (Å²) >= 11 is 1.82. The zero-order valence-corrected chi connectivity index (χ0v) is 16.6. The van der Waals surface area contributed by atoms with E-state index >= 15 is 0 Å². The number of benzene rings is 3. The molecule has 3 rings (SSSR count). The Hall–Kier alpha value is -2.46. The molecule has 0 spiro atoms. The van der Waals surface area contributed by atoms with Crippen LogP contribution in [0.15, 0.2) is 66.7 Å². The van der Waals surface area contributed by atoms with E-state index in [1.165, 1.54) is 11.1 Å². The van der Waals surface area contributed by atoms with E-state index in [4.69, 9.17) is 4.74 Å². The molecule has 0 radical (unpaired) electrons. The predicted molar refractivity (Wildman–Crippen MR) is 114 cm³/mol. The molecule has 27 heavy (non-hydrogen) atoms. The van der Waals surface area contributed by atoms with Gasteiger partial charge in [0.15, 0.2) is 6.10 Å². The lowest BCUT2D eigenvalue weighted by Crippen LogP contribution is -2.37. The Bertz CT molecular complexity index is 887. The van der Waals surface area contributed by atoms with E-state index in [1.807, 2.05) is 54.2 Å². The lowest BCUT2D eigenvalue weighted by atomic mass is 10.1. The fourth-order valence-electron chi connectivity index (χ4n) is 2.81. The van der Waals surface area contributed by atoms with Gasteiger partial charge in [0, 0.05) is 23.4 Å². The second-order valence-electron chi connectivity index (χ2n) is 6.57. The molecule has 0 aliphatic heterocycles. The maximum absolute atomic E-state index is 12.3. The monoisotopic (exact) mass is 379 g/mol. The summed E-state index contributed by atoms with van der Waals surface area (Å²) in [6.07, 6.45) is -0.530. The zero-order chi connectivity index (χ0) is 19.1. The highest BCUT2D eigenvalue weighted by Crippen LogP contribution is 2.26. The Morgan fingerprint density at radius 1 is 1.04 bits per heavy atom. The summed E-state index contributed by atoms with van der Waals surface area (Å²) in [4.78, 5) is 12.3. The van der Waals surface area contributed by atoms with Crippen LogP contribution in [-0.2, 0) is 10.5 Å². The number of aryl methyl sites for hydroxylation is 1. The molecule has 0 aromatic heterocycles. The summed E-state index contributed by atoms with van der Waals surface area (Å²) in [7, 11) is 0. The lowest BCUT2D eigenvalue weighted by Gasteiger charge is -2.16. The fraction of sp³-hybridized carbons (Fsp3) is 0.261. The number of hydrogen-bond acceptors (Lipinski definition) is 3. The molecular formula is C23H25NO2S. The molecule has 0 heterocycles. The molecule has 0 aliphatic carbocycles. The Morgan fingerprint density at radius 2 is 1.78 bits per heavy atom. The van der Waals surface area contributed by atoms with Crippen LogP contribution in [0.1, 0.15) is 18.1 Å². The van der Waals surface area contributed by atoms with E-state index in [1.54, 1.807) is 6.92 Å².